The number of allylic oxidation sites excluding steroid dienone is 3. The van der Waals surface area contributed by atoms with Crippen LogP contribution in [0.5, 0.6) is 0 Å². The van der Waals surface area contributed by atoms with Gasteiger partial charge in [0.15, 0.2) is 0 Å². The first-order chi connectivity index (χ1) is 20.8. The summed E-state index contributed by atoms with van der Waals surface area (Å²) in [6, 6.07) is 15.1. The van der Waals surface area contributed by atoms with Crippen molar-refractivity contribution in [1.29, 1.82) is 0 Å². The Balaban J connectivity index is 1.36. The SMILES string of the molecule is C=CC(=O)Nc1cc(-c2c(-c3cccc(C(=O)NCCCN(C)CC4C=CC=CC4)c3)[nH]c3nccc(Cl)c23)ccc1C. The molecule has 4 aromatic rings. The lowest BCUT2D eigenvalue weighted by atomic mass is 9.96. The fraction of sp³-hybridized carbons (Fsp3) is 0.229. The number of aryl methyl sites for hydroxylation is 1. The molecule has 2 aromatic carbocycles. The van der Waals surface area contributed by atoms with Crippen LogP contribution < -0.4 is 10.6 Å². The van der Waals surface area contributed by atoms with Crippen molar-refractivity contribution in [1.82, 2.24) is 20.2 Å². The minimum absolute atomic E-state index is 0.122. The van der Waals surface area contributed by atoms with Crippen molar-refractivity contribution in [2.75, 3.05) is 32.0 Å². The average Bonchev–Trinajstić information content (AvgIpc) is 3.42. The fourth-order valence-corrected chi connectivity index (χ4v) is 5.65. The molecule has 2 aromatic heterocycles. The summed E-state index contributed by atoms with van der Waals surface area (Å²) in [6.07, 6.45) is 13.5. The largest absolute Gasteiger partial charge is 0.352 e. The average molecular weight is 594 g/mol. The second kappa shape index (κ2) is 13.7. The molecule has 0 saturated heterocycles. The molecule has 2 heterocycles. The summed E-state index contributed by atoms with van der Waals surface area (Å²) >= 11 is 6.70. The van der Waals surface area contributed by atoms with Gasteiger partial charge in [0.1, 0.15) is 5.65 Å². The van der Waals surface area contributed by atoms with Crippen LogP contribution >= 0.6 is 11.6 Å². The maximum Gasteiger partial charge on any atom is 0.251 e. The van der Waals surface area contributed by atoms with E-state index in [0.717, 1.165) is 59.3 Å². The van der Waals surface area contributed by atoms with Crippen LogP contribution in [0.15, 0.2) is 91.7 Å². The number of hydrogen-bond acceptors (Lipinski definition) is 4. The number of carbonyl (C=O) groups is 2. The number of anilines is 1. The molecule has 0 aliphatic heterocycles. The summed E-state index contributed by atoms with van der Waals surface area (Å²) in [5, 5.41) is 7.27. The van der Waals surface area contributed by atoms with E-state index in [0.29, 0.717) is 34.4 Å². The van der Waals surface area contributed by atoms with Crippen molar-refractivity contribution in [2.45, 2.75) is 19.8 Å². The van der Waals surface area contributed by atoms with E-state index in [9.17, 15) is 9.59 Å². The number of pyridine rings is 1. The van der Waals surface area contributed by atoms with E-state index >= 15 is 0 Å². The minimum Gasteiger partial charge on any atom is -0.352 e. The second-order valence-corrected chi connectivity index (χ2v) is 11.3. The van der Waals surface area contributed by atoms with Crippen molar-refractivity contribution >= 4 is 40.1 Å². The van der Waals surface area contributed by atoms with E-state index in [2.05, 4.69) is 63.4 Å². The molecular formula is C35H36ClN5O2. The number of carbonyl (C=O) groups excluding carboxylic acids is 2. The smallest absolute Gasteiger partial charge is 0.251 e. The zero-order chi connectivity index (χ0) is 30.3. The van der Waals surface area contributed by atoms with Gasteiger partial charge in [0.25, 0.3) is 5.91 Å². The molecular weight excluding hydrogens is 558 g/mol. The van der Waals surface area contributed by atoms with E-state index in [1.807, 2.05) is 49.4 Å². The molecule has 1 aliphatic carbocycles. The molecule has 1 aliphatic rings. The summed E-state index contributed by atoms with van der Waals surface area (Å²) in [5.74, 6) is 0.135. The maximum atomic E-state index is 13.2. The van der Waals surface area contributed by atoms with Gasteiger partial charge in [-0.25, -0.2) is 4.98 Å². The van der Waals surface area contributed by atoms with Gasteiger partial charge in [-0.1, -0.05) is 66.7 Å². The predicted molar refractivity (Wildman–Crippen MR) is 176 cm³/mol. The number of rotatable bonds is 11. The summed E-state index contributed by atoms with van der Waals surface area (Å²) in [5.41, 5.74) is 6.08. The highest BCUT2D eigenvalue weighted by Crippen LogP contribution is 2.42. The van der Waals surface area contributed by atoms with Gasteiger partial charge in [-0.2, -0.15) is 0 Å². The van der Waals surface area contributed by atoms with Crippen molar-refractivity contribution in [3.8, 4) is 22.4 Å². The fourth-order valence-electron chi connectivity index (χ4n) is 5.41. The highest BCUT2D eigenvalue weighted by Gasteiger charge is 2.20. The lowest BCUT2D eigenvalue weighted by Gasteiger charge is -2.22. The number of nitrogens with one attached hydrogen (secondary N) is 3. The molecule has 43 heavy (non-hydrogen) atoms. The Bertz CT molecular complexity index is 1720. The van der Waals surface area contributed by atoms with Crippen LogP contribution in [0.2, 0.25) is 5.02 Å². The van der Waals surface area contributed by atoms with E-state index in [1.165, 1.54) is 6.08 Å². The topological polar surface area (TPSA) is 90.1 Å². The Labute approximate surface area is 257 Å². The predicted octanol–water partition coefficient (Wildman–Crippen LogP) is 7.17. The standard InChI is InChI=1S/C35H36ClN5O2/c1-4-30(42)39-29-21-25(15-14-23(29)2)31-32-28(36)16-18-37-34(32)40-33(31)26-12-8-13-27(20-26)35(43)38-17-9-19-41(3)22-24-10-6-5-7-11-24/h4-8,10,12-16,18,20-21,24H,1,9,11,17,19,22H2,2-3H3,(H,37,40)(H,38,43)(H,39,42). The molecule has 3 N–H and O–H groups in total. The summed E-state index contributed by atoms with van der Waals surface area (Å²) in [7, 11) is 2.13. The van der Waals surface area contributed by atoms with Crippen LogP contribution in [0.25, 0.3) is 33.4 Å². The van der Waals surface area contributed by atoms with Crippen molar-refractivity contribution in [3.05, 3.63) is 108 Å². The van der Waals surface area contributed by atoms with Crippen LogP contribution in [-0.2, 0) is 4.79 Å². The van der Waals surface area contributed by atoms with Gasteiger partial charge in [0.2, 0.25) is 5.91 Å². The van der Waals surface area contributed by atoms with Gasteiger partial charge < -0.3 is 20.5 Å². The first-order valence-electron chi connectivity index (χ1n) is 14.4. The maximum absolute atomic E-state index is 13.2. The first kappa shape index (κ1) is 30.0. The number of halogens is 1. The van der Waals surface area contributed by atoms with Crippen LogP contribution in [-0.4, -0.2) is 53.4 Å². The van der Waals surface area contributed by atoms with E-state index in [1.54, 1.807) is 12.3 Å². The Morgan fingerprint density at radius 3 is 2.81 bits per heavy atom. The number of amides is 2. The highest BCUT2D eigenvalue weighted by atomic mass is 35.5. The quantitative estimate of drug-likeness (QED) is 0.127. The zero-order valence-corrected chi connectivity index (χ0v) is 25.2. The second-order valence-electron chi connectivity index (χ2n) is 10.9. The molecule has 0 spiro atoms. The number of H-pyrrole nitrogens is 1. The molecule has 1 unspecified atom stereocenters. The molecule has 1 atom stereocenters. The van der Waals surface area contributed by atoms with Gasteiger partial charge in [-0.3, -0.25) is 9.59 Å². The van der Waals surface area contributed by atoms with Gasteiger partial charge in [0.05, 0.1) is 10.7 Å². The molecule has 7 nitrogen and oxygen atoms in total. The van der Waals surface area contributed by atoms with E-state index in [-0.39, 0.29) is 11.8 Å². The molecule has 5 rings (SSSR count). The van der Waals surface area contributed by atoms with Crippen molar-refractivity contribution < 1.29 is 9.59 Å². The normalized spacial score (nSPS) is 14.3. The Hall–Kier alpha value is -4.46. The minimum atomic E-state index is -0.289. The van der Waals surface area contributed by atoms with E-state index < -0.39 is 0 Å². The molecule has 220 valence electrons. The van der Waals surface area contributed by atoms with Crippen LogP contribution in [0.3, 0.4) is 0 Å². The zero-order valence-electron chi connectivity index (χ0n) is 24.5. The lowest BCUT2D eigenvalue weighted by molar-refractivity contribution is -0.111. The van der Waals surface area contributed by atoms with Gasteiger partial charge >= 0.3 is 0 Å². The summed E-state index contributed by atoms with van der Waals surface area (Å²) in [4.78, 5) is 35.5. The lowest BCUT2D eigenvalue weighted by Crippen LogP contribution is -2.30. The Morgan fingerprint density at radius 1 is 1.16 bits per heavy atom. The third-order valence-electron chi connectivity index (χ3n) is 7.64. The van der Waals surface area contributed by atoms with Gasteiger partial charge in [-0.15, -0.1) is 0 Å². The number of aromatic nitrogens is 2. The van der Waals surface area contributed by atoms with Crippen LogP contribution in [0.4, 0.5) is 5.69 Å². The van der Waals surface area contributed by atoms with Crippen LogP contribution in [0, 0.1) is 12.8 Å². The van der Waals surface area contributed by atoms with Crippen molar-refractivity contribution in [2.24, 2.45) is 5.92 Å². The molecule has 0 fully saturated rings. The van der Waals surface area contributed by atoms with Crippen LogP contribution in [0.1, 0.15) is 28.8 Å². The number of nitrogens with zero attached hydrogens (tertiary/aromatic N) is 2. The number of aromatic amines is 1. The third-order valence-corrected chi connectivity index (χ3v) is 7.96. The van der Waals surface area contributed by atoms with E-state index in [4.69, 9.17) is 11.6 Å². The Kier molecular flexibility index (Phi) is 9.55. The van der Waals surface area contributed by atoms with Crippen molar-refractivity contribution in [3.63, 3.8) is 0 Å². The number of fused-ring (bicyclic) bond motifs is 1. The van der Waals surface area contributed by atoms with Gasteiger partial charge in [0, 0.05) is 41.5 Å². The number of hydrogen-bond donors (Lipinski definition) is 3. The third kappa shape index (κ3) is 7.13. The highest BCUT2D eigenvalue weighted by molar-refractivity contribution is 6.37. The summed E-state index contributed by atoms with van der Waals surface area (Å²) in [6.45, 7) is 7.99. The molecule has 0 radical (unpaired) electrons. The Morgan fingerprint density at radius 2 is 2.02 bits per heavy atom. The summed E-state index contributed by atoms with van der Waals surface area (Å²) < 4.78 is 0. The first-order valence-corrected chi connectivity index (χ1v) is 14.8. The number of benzene rings is 2. The monoisotopic (exact) mass is 593 g/mol. The molecule has 0 bridgehead atoms. The molecule has 8 heteroatoms. The molecule has 2 amide bonds. The molecule has 0 saturated carbocycles. The van der Waals surface area contributed by atoms with Gasteiger partial charge in [-0.05, 0) is 86.3 Å².